The third kappa shape index (κ3) is 5.03. The Morgan fingerprint density at radius 2 is 2.12 bits per heavy atom. The molecule has 3 aromatic heterocycles. The molecule has 1 fully saturated rings. The highest BCUT2D eigenvalue weighted by Gasteiger charge is 2.38. The lowest BCUT2D eigenvalue weighted by Gasteiger charge is -2.35. The van der Waals surface area contributed by atoms with Gasteiger partial charge in [-0.2, -0.15) is 18.2 Å². The largest absolute Gasteiger partial charge is 0.471 e. The van der Waals surface area contributed by atoms with Crippen LogP contribution in [-0.4, -0.2) is 64.2 Å². The zero-order valence-corrected chi connectivity index (χ0v) is 18.1. The van der Waals surface area contributed by atoms with Gasteiger partial charge < -0.3 is 19.5 Å². The van der Waals surface area contributed by atoms with Gasteiger partial charge in [-0.3, -0.25) is 14.6 Å². The van der Waals surface area contributed by atoms with Crippen LogP contribution in [0.5, 0.6) is 0 Å². The molecular formula is C20H18F3N5O4S. The number of alkyl halides is 3. The van der Waals surface area contributed by atoms with Crippen molar-refractivity contribution in [2.75, 3.05) is 26.3 Å². The molecule has 1 aliphatic heterocycles. The SMILES string of the molecule is Cc1ccsc1C(=O)N1CCOC[C@@H]1CNC(=O)c1ccc(-c2noc(C(F)(F)F)n2)cn1. The first-order valence-electron chi connectivity index (χ1n) is 9.82. The number of carbonyl (C=O) groups excluding carboxylic acids is 2. The number of nitrogens with one attached hydrogen (secondary N) is 1. The number of aryl methyl sites for hydroxylation is 1. The minimum atomic E-state index is -4.75. The van der Waals surface area contributed by atoms with Gasteiger partial charge in [0.05, 0.1) is 24.1 Å². The van der Waals surface area contributed by atoms with E-state index in [2.05, 4.69) is 25.0 Å². The lowest BCUT2D eigenvalue weighted by Crippen LogP contribution is -2.53. The summed E-state index contributed by atoms with van der Waals surface area (Å²) < 4.78 is 47.5. The van der Waals surface area contributed by atoms with E-state index >= 15 is 0 Å². The first kappa shape index (κ1) is 22.9. The van der Waals surface area contributed by atoms with Crippen LogP contribution in [0, 0.1) is 6.92 Å². The second-order valence-electron chi connectivity index (χ2n) is 7.22. The van der Waals surface area contributed by atoms with E-state index in [1.54, 1.807) is 4.90 Å². The minimum Gasteiger partial charge on any atom is -0.377 e. The van der Waals surface area contributed by atoms with Crippen LogP contribution in [0.4, 0.5) is 13.2 Å². The first-order valence-corrected chi connectivity index (χ1v) is 10.7. The normalized spacial score (nSPS) is 16.6. The molecule has 1 aliphatic rings. The molecule has 0 spiro atoms. The lowest BCUT2D eigenvalue weighted by atomic mass is 10.2. The van der Waals surface area contributed by atoms with Gasteiger partial charge in [0.2, 0.25) is 5.82 Å². The molecule has 3 aromatic rings. The summed E-state index contributed by atoms with van der Waals surface area (Å²) in [6.07, 6.45) is -3.57. The van der Waals surface area contributed by atoms with Crippen molar-refractivity contribution in [2.45, 2.75) is 19.1 Å². The Labute approximate surface area is 189 Å². The molecule has 9 nitrogen and oxygen atoms in total. The topological polar surface area (TPSA) is 110 Å². The third-order valence-corrected chi connectivity index (χ3v) is 5.97. The quantitative estimate of drug-likeness (QED) is 0.597. The number of hydrogen-bond donors (Lipinski definition) is 1. The predicted molar refractivity (Wildman–Crippen MR) is 110 cm³/mol. The number of thiophene rings is 1. The monoisotopic (exact) mass is 481 g/mol. The molecule has 1 N–H and O–H groups in total. The van der Waals surface area contributed by atoms with Gasteiger partial charge in [-0.25, -0.2) is 0 Å². The van der Waals surface area contributed by atoms with Crippen LogP contribution in [0.3, 0.4) is 0 Å². The second kappa shape index (κ2) is 9.27. The van der Waals surface area contributed by atoms with Crippen LogP contribution in [0.15, 0.2) is 34.3 Å². The molecule has 0 radical (unpaired) electrons. The molecule has 0 bridgehead atoms. The Bertz CT molecular complexity index is 1150. The van der Waals surface area contributed by atoms with Gasteiger partial charge in [0.25, 0.3) is 11.8 Å². The molecular weight excluding hydrogens is 463 g/mol. The number of halogens is 3. The second-order valence-corrected chi connectivity index (χ2v) is 8.14. The van der Waals surface area contributed by atoms with Gasteiger partial charge in [-0.1, -0.05) is 5.16 Å². The van der Waals surface area contributed by atoms with E-state index in [1.165, 1.54) is 29.7 Å². The highest BCUT2D eigenvalue weighted by atomic mass is 32.1. The first-order chi connectivity index (χ1) is 15.7. The number of pyridine rings is 1. The summed E-state index contributed by atoms with van der Waals surface area (Å²) in [5.74, 6) is -2.37. The van der Waals surface area contributed by atoms with E-state index in [4.69, 9.17) is 4.74 Å². The van der Waals surface area contributed by atoms with Crippen molar-refractivity contribution >= 4 is 23.2 Å². The van der Waals surface area contributed by atoms with E-state index in [1.807, 2.05) is 18.4 Å². The van der Waals surface area contributed by atoms with Gasteiger partial charge in [-0.15, -0.1) is 11.3 Å². The van der Waals surface area contributed by atoms with E-state index in [9.17, 15) is 22.8 Å². The van der Waals surface area contributed by atoms with Crippen LogP contribution in [0.2, 0.25) is 0 Å². The van der Waals surface area contributed by atoms with E-state index in [0.717, 1.165) is 5.56 Å². The van der Waals surface area contributed by atoms with Crippen LogP contribution in [0.1, 0.15) is 31.6 Å². The summed E-state index contributed by atoms with van der Waals surface area (Å²) >= 11 is 1.37. The van der Waals surface area contributed by atoms with Crippen LogP contribution < -0.4 is 5.32 Å². The highest BCUT2D eigenvalue weighted by molar-refractivity contribution is 7.12. The summed E-state index contributed by atoms with van der Waals surface area (Å²) in [5, 5.41) is 7.86. The van der Waals surface area contributed by atoms with Crippen molar-refractivity contribution in [2.24, 2.45) is 0 Å². The number of ether oxygens (including phenoxy) is 1. The summed E-state index contributed by atoms with van der Waals surface area (Å²) in [6, 6.07) is 4.23. The molecule has 174 valence electrons. The average Bonchev–Trinajstić information content (AvgIpc) is 3.47. The Morgan fingerprint density at radius 3 is 2.76 bits per heavy atom. The van der Waals surface area contributed by atoms with Crippen molar-refractivity contribution < 1.29 is 32.0 Å². The van der Waals surface area contributed by atoms with Crippen molar-refractivity contribution in [1.29, 1.82) is 0 Å². The fourth-order valence-electron chi connectivity index (χ4n) is 3.23. The van der Waals surface area contributed by atoms with Crippen molar-refractivity contribution in [3.8, 4) is 11.4 Å². The molecule has 1 saturated heterocycles. The average molecular weight is 481 g/mol. The van der Waals surface area contributed by atoms with Crippen LogP contribution in [0.25, 0.3) is 11.4 Å². The van der Waals surface area contributed by atoms with Gasteiger partial charge in [0.1, 0.15) is 5.69 Å². The summed E-state index contributed by atoms with van der Waals surface area (Å²) in [5.41, 5.74) is 1.10. The lowest BCUT2D eigenvalue weighted by molar-refractivity contribution is -0.159. The molecule has 13 heteroatoms. The maximum atomic E-state index is 12.9. The highest BCUT2D eigenvalue weighted by Crippen LogP contribution is 2.29. The fourth-order valence-corrected chi connectivity index (χ4v) is 4.11. The van der Waals surface area contributed by atoms with Crippen LogP contribution >= 0.6 is 11.3 Å². The number of aromatic nitrogens is 3. The molecule has 0 aliphatic carbocycles. The van der Waals surface area contributed by atoms with Crippen molar-refractivity contribution in [3.63, 3.8) is 0 Å². The molecule has 0 unspecified atom stereocenters. The van der Waals surface area contributed by atoms with E-state index in [-0.39, 0.29) is 42.2 Å². The molecule has 0 saturated carbocycles. The number of morpholine rings is 1. The Balaban J connectivity index is 1.39. The van der Waals surface area contributed by atoms with Gasteiger partial charge in [-0.05, 0) is 36.1 Å². The molecule has 4 rings (SSSR count). The van der Waals surface area contributed by atoms with Gasteiger partial charge >= 0.3 is 12.1 Å². The maximum absolute atomic E-state index is 12.9. The van der Waals surface area contributed by atoms with E-state index in [0.29, 0.717) is 18.0 Å². The van der Waals surface area contributed by atoms with Gasteiger partial charge in [0, 0.05) is 24.8 Å². The molecule has 1 atom stereocenters. The molecule has 0 aromatic carbocycles. The summed E-state index contributed by atoms with van der Waals surface area (Å²) in [6.45, 7) is 3.12. The van der Waals surface area contributed by atoms with Crippen molar-refractivity contribution in [1.82, 2.24) is 25.3 Å². The smallest absolute Gasteiger partial charge is 0.377 e. The van der Waals surface area contributed by atoms with E-state index < -0.39 is 18.0 Å². The Kier molecular flexibility index (Phi) is 6.42. The fraction of sp³-hybridized carbons (Fsp3) is 0.350. The van der Waals surface area contributed by atoms with Gasteiger partial charge in [0.15, 0.2) is 0 Å². The number of carbonyl (C=O) groups is 2. The number of rotatable bonds is 5. The van der Waals surface area contributed by atoms with Crippen molar-refractivity contribution in [3.05, 3.63) is 51.8 Å². The molecule has 2 amide bonds. The summed E-state index contributed by atoms with van der Waals surface area (Å²) in [7, 11) is 0. The summed E-state index contributed by atoms with van der Waals surface area (Å²) in [4.78, 5) is 35.0. The number of hydrogen-bond acceptors (Lipinski definition) is 8. The zero-order valence-electron chi connectivity index (χ0n) is 17.3. The molecule has 4 heterocycles. The number of nitrogens with zero attached hydrogens (tertiary/aromatic N) is 4. The minimum absolute atomic E-state index is 0.0435. The standard InChI is InChI=1S/C20H18F3N5O4S/c1-11-4-7-33-15(11)18(30)28-5-6-31-10-13(28)9-25-17(29)14-3-2-12(8-24-14)16-26-19(32-27-16)20(21,22)23/h2-4,7-8,13H,5-6,9-10H2,1H3,(H,25,29)/t13-/m0/s1. The number of amides is 2. The zero-order chi connectivity index (χ0) is 23.6. The third-order valence-electron chi connectivity index (χ3n) is 4.97. The Morgan fingerprint density at radius 1 is 1.30 bits per heavy atom. The van der Waals surface area contributed by atoms with Crippen LogP contribution in [-0.2, 0) is 10.9 Å². The maximum Gasteiger partial charge on any atom is 0.471 e. The predicted octanol–water partition coefficient (Wildman–Crippen LogP) is 2.79. The Hall–Kier alpha value is -3.32. The molecule has 33 heavy (non-hydrogen) atoms.